The molecule has 0 saturated carbocycles. The summed E-state index contributed by atoms with van der Waals surface area (Å²) < 4.78 is 26.5. The Bertz CT molecular complexity index is 635. The Morgan fingerprint density at radius 2 is 0.765 bits per heavy atom. The van der Waals surface area contributed by atoms with E-state index in [-0.39, 0.29) is 0 Å². The molecule has 0 amide bonds. The maximum atomic E-state index is 10.6. The molecule has 3 aliphatic heterocycles. The summed E-state index contributed by atoms with van der Waals surface area (Å²) >= 11 is 0. The second kappa shape index (κ2) is 11.6. The van der Waals surface area contributed by atoms with Crippen LogP contribution in [0.4, 0.5) is 0 Å². The first-order valence-electron chi connectivity index (χ1n) is 10.6. The van der Waals surface area contributed by atoms with Crippen molar-refractivity contribution in [3.8, 4) is 0 Å². The Balaban J connectivity index is 1.69. The van der Waals surface area contributed by atoms with E-state index in [1.54, 1.807) is 0 Å². The number of hydrogen-bond acceptors (Lipinski definition) is 16. The molecule has 0 unspecified atom stereocenters. The molecule has 0 aromatic carbocycles. The lowest BCUT2D eigenvalue weighted by molar-refractivity contribution is -0.391. The smallest absolute Gasteiger partial charge is 0.189 e. The lowest BCUT2D eigenvalue weighted by atomic mass is 9.96. The summed E-state index contributed by atoms with van der Waals surface area (Å²) in [6.45, 7) is -2.30. The van der Waals surface area contributed by atoms with Crippen molar-refractivity contribution in [2.45, 2.75) is 92.1 Å². The van der Waals surface area contributed by atoms with Crippen LogP contribution in [0.15, 0.2) is 0 Å². The third-order valence-electron chi connectivity index (χ3n) is 6.08. The fourth-order valence-corrected chi connectivity index (χ4v) is 3.98. The quantitative estimate of drug-likeness (QED) is 0.154. The third-order valence-corrected chi connectivity index (χ3v) is 6.08. The lowest BCUT2D eigenvalue weighted by Gasteiger charge is -2.47. The number of rotatable bonds is 7. The van der Waals surface area contributed by atoms with Crippen molar-refractivity contribution in [1.82, 2.24) is 0 Å². The highest BCUT2D eigenvalue weighted by molar-refractivity contribution is 4.95. The molecule has 0 aromatic heterocycles. The van der Waals surface area contributed by atoms with Crippen molar-refractivity contribution in [3.05, 3.63) is 0 Å². The van der Waals surface area contributed by atoms with Gasteiger partial charge < -0.3 is 79.9 Å². The van der Waals surface area contributed by atoms with Crippen molar-refractivity contribution in [2.75, 3.05) is 19.8 Å². The molecule has 34 heavy (non-hydrogen) atoms. The van der Waals surface area contributed by atoms with Gasteiger partial charge in [0, 0.05) is 0 Å². The Hall–Kier alpha value is -0.640. The second-order valence-corrected chi connectivity index (χ2v) is 8.34. The monoisotopic (exact) mass is 504 g/mol. The molecule has 16 heteroatoms. The molecule has 16 nitrogen and oxygen atoms in total. The third kappa shape index (κ3) is 5.37. The van der Waals surface area contributed by atoms with Gasteiger partial charge in [0.2, 0.25) is 0 Å². The van der Waals surface area contributed by atoms with Crippen LogP contribution in [0.1, 0.15) is 0 Å². The fraction of sp³-hybridized carbons (Fsp3) is 1.00. The minimum atomic E-state index is -1.91. The minimum Gasteiger partial charge on any atom is -0.394 e. The summed E-state index contributed by atoms with van der Waals surface area (Å²) in [5.41, 5.74) is 0. The minimum absolute atomic E-state index is 0.740. The molecule has 15 atom stereocenters. The largest absolute Gasteiger partial charge is 0.394 e. The van der Waals surface area contributed by atoms with Crippen LogP contribution in [0.2, 0.25) is 0 Å². The van der Waals surface area contributed by atoms with Crippen LogP contribution in [-0.2, 0) is 23.7 Å². The van der Waals surface area contributed by atoms with Crippen LogP contribution in [-0.4, -0.2) is 168 Å². The van der Waals surface area contributed by atoms with Gasteiger partial charge in [-0.3, -0.25) is 0 Å². The van der Waals surface area contributed by atoms with Crippen LogP contribution in [0.5, 0.6) is 0 Å². The second-order valence-electron chi connectivity index (χ2n) is 8.34. The van der Waals surface area contributed by atoms with Gasteiger partial charge >= 0.3 is 0 Å². The zero-order valence-electron chi connectivity index (χ0n) is 17.7. The van der Waals surface area contributed by atoms with Gasteiger partial charge in [0.1, 0.15) is 73.2 Å². The zero-order chi connectivity index (χ0) is 25.3. The van der Waals surface area contributed by atoms with Crippen molar-refractivity contribution in [1.29, 1.82) is 0 Å². The van der Waals surface area contributed by atoms with Gasteiger partial charge in [0.25, 0.3) is 0 Å². The average Bonchev–Trinajstić information content (AvgIpc) is 2.83. The molecule has 11 N–H and O–H groups in total. The van der Waals surface area contributed by atoms with E-state index in [1.165, 1.54) is 0 Å². The summed E-state index contributed by atoms with van der Waals surface area (Å²) in [6.07, 6.45) is -25.1. The molecule has 0 spiro atoms. The first-order valence-corrected chi connectivity index (χ1v) is 10.6. The van der Waals surface area contributed by atoms with Crippen molar-refractivity contribution in [3.63, 3.8) is 0 Å². The standard InChI is InChI=1S/C18H32O16/c19-1-4-7(22)9(24)12(27)16(30-4)33-15-6(3-21)32-18(14(29)11(15)26)34-17-13(28)10(25)8(23)5(2-20)31-17/h4-29H,1-3H2/t4-,5-,6-,7-,8-,9+,10+,11-,12-,13-,14-,15-,16-,17-,18-/m1/s1. The predicted molar refractivity (Wildman–Crippen MR) is 101 cm³/mol. The highest BCUT2D eigenvalue weighted by Gasteiger charge is 2.52. The Morgan fingerprint density at radius 3 is 1.18 bits per heavy atom. The topological polar surface area (TPSA) is 269 Å². The lowest BCUT2D eigenvalue weighted by Crippen LogP contribution is -2.66. The molecular formula is C18H32O16. The molecule has 3 rings (SSSR count). The molecule has 0 aliphatic carbocycles. The fourth-order valence-electron chi connectivity index (χ4n) is 3.98. The Labute approximate surface area is 192 Å². The number of aliphatic hydroxyl groups is 11. The van der Waals surface area contributed by atoms with Crippen LogP contribution in [0.25, 0.3) is 0 Å². The highest BCUT2D eigenvalue weighted by Crippen LogP contribution is 2.31. The molecular weight excluding hydrogens is 472 g/mol. The van der Waals surface area contributed by atoms with Gasteiger partial charge in [0.15, 0.2) is 18.9 Å². The van der Waals surface area contributed by atoms with E-state index in [1.807, 2.05) is 0 Å². The first-order chi connectivity index (χ1) is 16.0. The van der Waals surface area contributed by atoms with Crippen LogP contribution in [0.3, 0.4) is 0 Å². The van der Waals surface area contributed by atoms with Gasteiger partial charge in [-0.2, -0.15) is 0 Å². The van der Waals surface area contributed by atoms with E-state index in [9.17, 15) is 56.2 Å². The van der Waals surface area contributed by atoms with E-state index in [4.69, 9.17) is 23.7 Å². The van der Waals surface area contributed by atoms with E-state index >= 15 is 0 Å². The van der Waals surface area contributed by atoms with Crippen LogP contribution in [0, 0.1) is 0 Å². The maximum absolute atomic E-state index is 10.6. The van der Waals surface area contributed by atoms with Crippen LogP contribution >= 0.6 is 0 Å². The Morgan fingerprint density at radius 1 is 0.412 bits per heavy atom. The molecule has 0 aromatic rings. The summed E-state index contributed by atoms with van der Waals surface area (Å²) in [5, 5.41) is 109. The van der Waals surface area contributed by atoms with Gasteiger partial charge in [0.05, 0.1) is 19.8 Å². The maximum Gasteiger partial charge on any atom is 0.189 e. The normalized spacial score (nSPS) is 52.5. The molecule has 200 valence electrons. The Kier molecular flexibility index (Phi) is 9.54. The summed E-state index contributed by atoms with van der Waals surface area (Å²) in [6, 6.07) is 0. The SMILES string of the molecule is OC[C@H]1O[C@H](O[C@H]2O[C@H](CO)[C@@H](O[C@H]3O[C@H](CO)[C@@H](O)[C@H](O)[C@H]3O)[C@H](O)[C@H]2O)[C@H](O)[C@@H](O)[C@@H]1O. The van der Waals surface area contributed by atoms with E-state index in [0.717, 1.165) is 0 Å². The van der Waals surface area contributed by atoms with Crippen LogP contribution < -0.4 is 0 Å². The predicted octanol–water partition coefficient (Wildman–Crippen LogP) is -7.57. The average molecular weight is 504 g/mol. The molecule has 0 bridgehead atoms. The zero-order valence-corrected chi connectivity index (χ0v) is 17.7. The molecule has 0 radical (unpaired) electrons. The molecule has 3 saturated heterocycles. The van der Waals surface area contributed by atoms with Gasteiger partial charge in [-0.1, -0.05) is 0 Å². The van der Waals surface area contributed by atoms with E-state index in [2.05, 4.69) is 0 Å². The molecule has 3 aliphatic rings. The van der Waals surface area contributed by atoms with Gasteiger partial charge in [-0.15, -0.1) is 0 Å². The molecule has 3 fully saturated rings. The van der Waals surface area contributed by atoms with Gasteiger partial charge in [-0.25, -0.2) is 0 Å². The van der Waals surface area contributed by atoms with Gasteiger partial charge in [-0.05, 0) is 0 Å². The summed E-state index contributed by atoms with van der Waals surface area (Å²) in [5.74, 6) is 0. The number of aliphatic hydroxyl groups excluding tert-OH is 11. The number of ether oxygens (including phenoxy) is 5. The van der Waals surface area contributed by atoms with Crippen molar-refractivity contribution in [2.24, 2.45) is 0 Å². The number of hydrogen-bond donors (Lipinski definition) is 11. The summed E-state index contributed by atoms with van der Waals surface area (Å²) in [7, 11) is 0. The molecule has 3 heterocycles. The van der Waals surface area contributed by atoms with Crippen molar-refractivity contribution >= 4 is 0 Å². The highest BCUT2D eigenvalue weighted by atomic mass is 16.8. The summed E-state index contributed by atoms with van der Waals surface area (Å²) in [4.78, 5) is 0. The first kappa shape index (κ1) is 27.9. The van der Waals surface area contributed by atoms with E-state index in [0.29, 0.717) is 0 Å². The van der Waals surface area contributed by atoms with Crippen molar-refractivity contribution < 1.29 is 79.9 Å². The van der Waals surface area contributed by atoms with E-state index < -0.39 is 112 Å².